The summed E-state index contributed by atoms with van der Waals surface area (Å²) >= 11 is 0. The number of pyridine rings is 1. The van der Waals surface area contributed by atoms with Crippen LogP contribution in [-0.2, 0) is 13.2 Å². The fourth-order valence-electron chi connectivity index (χ4n) is 3.41. The van der Waals surface area contributed by atoms with E-state index in [2.05, 4.69) is 20.5 Å². The van der Waals surface area contributed by atoms with Crippen molar-refractivity contribution < 1.29 is 19.0 Å². The minimum atomic E-state index is -0.340. The van der Waals surface area contributed by atoms with Gasteiger partial charge in [0.25, 0.3) is 5.91 Å². The second kappa shape index (κ2) is 8.93. The average molecular weight is 420 g/mol. The topological polar surface area (TPSA) is 100 Å². The number of aromatic nitrogens is 3. The molecule has 2 aromatic heterocycles. The molecule has 0 saturated heterocycles. The molecule has 2 heterocycles. The number of carbonyl (C=O) groups is 1. The summed E-state index contributed by atoms with van der Waals surface area (Å²) in [5.74, 6) is -0.121. The Morgan fingerprint density at radius 1 is 1.23 bits per heavy atom. The van der Waals surface area contributed by atoms with Gasteiger partial charge in [-0.1, -0.05) is 12.1 Å². The van der Waals surface area contributed by atoms with Gasteiger partial charge in [-0.3, -0.25) is 14.9 Å². The third-order valence-electron chi connectivity index (χ3n) is 4.92. The third kappa shape index (κ3) is 4.24. The number of hydrogen-bond acceptors (Lipinski definition) is 5. The molecule has 0 radical (unpaired) electrons. The number of ether oxygens (including phenoxy) is 1. The maximum atomic E-state index is 13.6. The summed E-state index contributed by atoms with van der Waals surface area (Å²) in [6, 6.07) is 11.3. The van der Waals surface area contributed by atoms with Crippen LogP contribution >= 0.6 is 0 Å². The van der Waals surface area contributed by atoms with E-state index >= 15 is 0 Å². The largest absolute Gasteiger partial charge is 0.493 e. The van der Waals surface area contributed by atoms with Gasteiger partial charge in [-0.05, 0) is 42.8 Å². The highest BCUT2D eigenvalue weighted by Crippen LogP contribution is 2.31. The quantitative estimate of drug-likeness (QED) is 0.424. The van der Waals surface area contributed by atoms with Crippen molar-refractivity contribution in [3.8, 4) is 16.9 Å². The van der Waals surface area contributed by atoms with Crippen molar-refractivity contribution in [3.05, 3.63) is 77.5 Å². The highest BCUT2D eigenvalue weighted by molar-refractivity contribution is 5.96. The minimum absolute atomic E-state index is 0.194. The van der Waals surface area contributed by atoms with Crippen LogP contribution in [0.15, 0.2) is 54.9 Å². The van der Waals surface area contributed by atoms with Gasteiger partial charge < -0.3 is 15.2 Å². The lowest BCUT2D eigenvalue weighted by Gasteiger charge is -2.13. The first-order valence-corrected chi connectivity index (χ1v) is 9.82. The Bertz CT molecular complexity index is 1240. The summed E-state index contributed by atoms with van der Waals surface area (Å²) < 4.78 is 19.4. The van der Waals surface area contributed by atoms with Crippen LogP contribution in [0.25, 0.3) is 22.0 Å². The SMILES string of the molecule is CCOc1cc(C(=O)NCc2cnc(CO)c3cn[nH]c23)ccc1-c1cccc(F)c1. The van der Waals surface area contributed by atoms with Crippen LogP contribution in [0, 0.1) is 5.82 Å². The fraction of sp³-hybridized carbons (Fsp3) is 0.174. The van der Waals surface area contributed by atoms with E-state index in [4.69, 9.17) is 4.74 Å². The number of nitrogens with zero attached hydrogens (tertiary/aromatic N) is 2. The zero-order valence-corrected chi connectivity index (χ0v) is 16.9. The summed E-state index contributed by atoms with van der Waals surface area (Å²) in [7, 11) is 0. The molecule has 1 amide bonds. The lowest BCUT2D eigenvalue weighted by Crippen LogP contribution is -2.23. The van der Waals surface area contributed by atoms with Gasteiger partial charge in [0.2, 0.25) is 0 Å². The van der Waals surface area contributed by atoms with Crippen LogP contribution in [0.4, 0.5) is 4.39 Å². The Morgan fingerprint density at radius 2 is 2.10 bits per heavy atom. The van der Waals surface area contributed by atoms with Gasteiger partial charge in [-0.2, -0.15) is 5.10 Å². The normalized spacial score (nSPS) is 10.9. The van der Waals surface area contributed by atoms with Crippen molar-refractivity contribution in [2.24, 2.45) is 0 Å². The number of carbonyl (C=O) groups excluding carboxylic acids is 1. The number of rotatable bonds is 7. The molecule has 0 aliphatic carbocycles. The highest BCUT2D eigenvalue weighted by atomic mass is 19.1. The summed E-state index contributed by atoms with van der Waals surface area (Å²) in [5.41, 5.74) is 3.79. The van der Waals surface area contributed by atoms with E-state index in [9.17, 15) is 14.3 Å². The van der Waals surface area contributed by atoms with E-state index in [1.165, 1.54) is 12.1 Å². The third-order valence-corrected chi connectivity index (χ3v) is 4.92. The van der Waals surface area contributed by atoms with Gasteiger partial charge in [0.05, 0.1) is 30.6 Å². The minimum Gasteiger partial charge on any atom is -0.493 e. The number of halogens is 1. The first kappa shape index (κ1) is 20.5. The average Bonchev–Trinajstić information content (AvgIpc) is 3.28. The molecule has 4 aromatic rings. The zero-order valence-electron chi connectivity index (χ0n) is 16.9. The Morgan fingerprint density at radius 3 is 2.87 bits per heavy atom. The van der Waals surface area contributed by atoms with E-state index in [1.54, 1.807) is 42.7 Å². The van der Waals surface area contributed by atoms with Crippen molar-refractivity contribution >= 4 is 16.8 Å². The molecule has 7 nitrogen and oxygen atoms in total. The van der Waals surface area contributed by atoms with Gasteiger partial charge in [-0.25, -0.2) is 4.39 Å². The van der Waals surface area contributed by atoms with Crippen LogP contribution in [0.1, 0.15) is 28.5 Å². The lowest BCUT2D eigenvalue weighted by molar-refractivity contribution is 0.0950. The van der Waals surface area contributed by atoms with E-state index < -0.39 is 0 Å². The van der Waals surface area contributed by atoms with Gasteiger partial charge in [0.15, 0.2) is 0 Å². The summed E-state index contributed by atoms with van der Waals surface area (Å²) in [4.78, 5) is 17.0. The number of amides is 1. The van der Waals surface area contributed by atoms with Gasteiger partial charge in [-0.15, -0.1) is 0 Å². The number of aliphatic hydroxyl groups is 1. The van der Waals surface area contributed by atoms with Crippen LogP contribution in [0.3, 0.4) is 0 Å². The molecule has 31 heavy (non-hydrogen) atoms. The molecule has 0 unspecified atom stereocenters. The molecule has 0 fully saturated rings. The van der Waals surface area contributed by atoms with E-state index in [-0.39, 0.29) is 24.9 Å². The summed E-state index contributed by atoms with van der Waals surface area (Å²) in [6.07, 6.45) is 3.20. The molecule has 4 rings (SSSR count). The molecule has 8 heteroatoms. The van der Waals surface area contributed by atoms with Crippen LogP contribution in [-0.4, -0.2) is 32.8 Å². The van der Waals surface area contributed by atoms with Gasteiger partial charge in [0, 0.05) is 34.8 Å². The molecule has 2 aromatic carbocycles. The van der Waals surface area contributed by atoms with Crippen molar-refractivity contribution in [1.29, 1.82) is 0 Å². The van der Waals surface area contributed by atoms with Crippen LogP contribution < -0.4 is 10.1 Å². The molecule has 3 N–H and O–H groups in total. The monoisotopic (exact) mass is 420 g/mol. The number of benzene rings is 2. The second-order valence-electron chi connectivity index (χ2n) is 6.88. The number of hydrogen-bond donors (Lipinski definition) is 3. The maximum absolute atomic E-state index is 13.6. The molecule has 0 saturated carbocycles. The maximum Gasteiger partial charge on any atom is 0.251 e. The first-order chi connectivity index (χ1) is 15.1. The molecule has 0 spiro atoms. The Hall–Kier alpha value is -3.78. The Labute approximate surface area is 177 Å². The Kier molecular flexibility index (Phi) is 5.90. The van der Waals surface area contributed by atoms with Crippen molar-refractivity contribution in [3.63, 3.8) is 0 Å². The van der Waals surface area contributed by atoms with Gasteiger partial charge in [0.1, 0.15) is 11.6 Å². The molecule has 0 aliphatic rings. The lowest BCUT2D eigenvalue weighted by atomic mass is 10.0. The standard InChI is InChI=1S/C23H21FN4O3/c1-2-31-21-9-15(6-7-18(21)14-4-3-5-17(24)8-14)23(30)26-11-16-10-25-20(13-29)19-12-27-28-22(16)19/h3-10,12,29H,2,11,13H2,1H3,(H,26,30)(H,27,28). The van der Waals surface area contributed by atoms with E-state index in [1.807, 2.05) is 6.92 Å². The van der Waals surface area contributed by atoms with E-state index in [0.717, 1.165) is 11.1 Å². The second-order valence-corrected chi connectivity index (χ2v) is 6.88. The molecule has 158 valence electrons. The summed E-state index contributed by atoms with van der Waals surface area (Å²) in [6.45, 7) is 2.29. The van der Waals surface area contributed by atoms with Crippen molar-refractivity contribution in [2.75, 3.05) is 6.61 Å². The van der Waals surface area contributed by atoms with Crippen LogP contribution in [0.5, 0.6) is 5.75 Å². The molecular formula is C23H21FN4O3. The molecule has 0 atom stereocenters. The predicted octanol–water partition coefficient (Wildman–Crippen LogP) is 3.59. The van der Waals surface area contributed by atoms with Gasteiger partial charge >= 0.3 is 0 Å². The number of fused-ring (bicyclic) bond motifs is 1. The molecule has 0 bridgehead atoms. The predicted molar refractivity (Wildman–Crippen MR) is 114 cm³/mol. The van der Waals surface area contributed by atoms with Crippen LogP contribution in [0.2, 0.25) is 0 Å². The van der Waals surface area contributed by atoms with Crippen molar-refractivity contribution in [1.82, 2.24) is 20.5 Å². The fourth-order valence-corrected chi connectivity index (χ4v) is 3.41. The number of H-pyrrole nitrogens is 1. The number of nitrogens with one attached hydrogen (secondary N) is 2. The Balaban J connectivity index is 1.56. The zero-order chi connectivity index (χ0) is 21.8. The molecule has 0 aliphatic heterocycles. The number of aromatic amines is 1. The first-order valence-electron chi connectivity index (χ1n) is 9.82. The smallest absolute Gasteiger partial charge is 0.251 e. The summed E-state index contributed by atoms with van der Waals surface area (Å²) in [5, 5.41) is 19.9. The molecular weight excluding hydrogens is 399 g/mol. The highest BCUT2D eigenvalue weighted by Gasteiger charge is 2.14. The van der Waals surface area contributed by atoms with E-state index in [0.29, 0.717) is 40.1 Å². The number of aliphatic hydroxyl groups excluding tert-OH is 1. The van der Waals surface area contributed by atoms with Crippen molar-refractivity contribution in [2.45, 2.75) is 20.1 Å².